The first-order valence-corrected chi connectivity index (χ1v) is 8.34. The Morgan fingerprint density at radius 3 is 2.60 bits per heavy atom. The number of hydrogen-bond donors (Lipinski definition) is 2. The van der Waals surface area contributed by atoms with Gasteiger partial charge in [0, 0.05) is 11.0 Å². The largest absolute Gasteiger partial charge is 0.326 e. The minimum atomic E-state index is -3.66. The van der Waals surface area contributed by atoms with Crippen molar-refractivity contribution in [2.45, 2.75) is 11.4 Å². The Hall–Kier alpha value is -1.08. The van der Waals surface area contributed by atoms with Gasteiger partial charge in [-0.05, 0) is 51.8 Å². The molecule has 4 nitrogen and oxygen atoms in total. The standard InChI is InChI=1S/C13H12BrClN2O2S/c14-12-5-4-10(7-13(12)15)17-20(18,19)11-3-1-2-9(6-11)8-16/h1-7,17H,8,16H2. The lowest BCUT2D eigenvalue weighted by molar-refractivity contribution is 0.601. The Balaban J connectivity index is 2.32. The third kappa shape index (κ3) is 3.52. The smallest absolute Gasteiger partial charge is 0.261 e. The van der Waals surface area contributed by atoms with Crippen LogP contribution < -0.4 is 10.5 Å². The third-order valence-electron chi connectivity index (χ3n) is 2.62. The van der Waals surface area contributed by atoms with E-state index in [1.165, 1.54) is 12.1 Å². The van der Waals surface area contributed by atoms with Crippen LogP contribution in [0.3, 0.4) is 0 Å². The van der Waals surface area contributed by atoms with Crippen LogP contribution in [0, 0.1) is 0 Å². The van der Waals surface area contributed by atoms with Crippen LogP contribution in [-0.4, -0.2) is 8.42 Å². The Bertz CT molecular complexity index is 735. The Morgan fingerprint density at radius 1 is 1.20 bits per heavy atom. The quantitative estimate of drug-likeness (QED) is 0.860. The second-order valence-corrected chi connectivity index (χ2v) is 7.03. The number of anilines is 1. The highest BCUT2D eigenvalue weighted by molar-refractivity contribution is 9.10. The number of rotatable bonds is 4. The summed E-state index contributed by atoms with van der Waals surface area (Å²) in [5, 5.41) is 0.431. The minimum Gasteiger partial charge on any atom is -0.326 e. The van der Waals surface area contributed by atoms with Gasteiger partial charge in [0.1, 0.15) is 0 Å². The van der Waals surface area contributed by atoms with Crippen molar-refractivity contribution in [2.24, 2.45) is 5.73 Å². The van der Waals surface area contributed by atoms with Gasteiger partial charge in [0.05, 0.1) is 15.6 Å². The zero-order chi connectivity index (χ0) is 14.8. The highest BCUT2D eigenvalue weighted by Crippen LogP contribution is 2.27. The molecule has 0 saturated carbocycles. The molecule has 106 valence electrons. The fraction of sp³-hybridized carbons (Fsp3) is 0.0769. The lowest BCUT2D eigenvalue weighted by Gasteiger charge is -2.09. The van der Waals surface area contributed by atoms with E-state index in [1.54, 1.807) is 30.3 Å². The molecule has 0 spiro atoms. The second-order valence-electron chi connectivity index (χ2n) is 4.09. The van der Waals surface area contributed by atoms with Gasteiger partial charge >= 0.3 is 0 Å². The van der Waals surface area contributed by atoms with E-state index in [0.717, 1.165) is 5.56 Å². The lowest BCUT2D eigenvalue weighted by atomic mass is 10.2. The molecule has 2 rings (SSSR count). The number of sulfonamides is 1. The number of halogens is 2. The SMILES string of the molecule is NCc1cccc(S(=O)(=O)Nc2ccc(Br)c(Cl)c2)c1. The molecule has 0 saturated heterocycles. The van der Waals surface area contributed by atoms with Gasteiger partial charge in [0.25, 0.3) is 10.0 Å². The van der Waals surface area contributed by atoms with Crippen molar-refractivity contribution in [2.75, 3.05) is 4.72 Å². The van der Waals surface area contributed by atoms with E-state index >= 15 is 0 Å². The molecule has 0 amide bonds. The molecule has 2 aromatic rings. The molecule has 0 aliphatic heterocycles. The second kappa shape index (κ2) is 6.13. The lowest BCUT2D eigenvalue weighted by Crippen LogP contribution is -2.13. The van der Waals surface area contributed by atoms with Crippen LogP contribution in [0.2, 0.25) is 5.02 Å². The average molecular weight is 376 g/mol. The predicted octanol–water partition coefficient (Wildman–Crippen LogP) is 3.36. The van der Waals surface area contributed by atoms with Gasteiger partial charge in [-0.3, -0.25) is 4.72 Å². The molecule has 0 heterocycles. The number of benzene rings is 2. The predicted molar refractivity (Wildman–Crippen MR) is 84.3 cm³/mol. The molecular formula is C13H12BrClN2O2S. The van der Waals surface area contributed by atoms with Gasteiger partial charge in [-0.15, -0.1) is 0 Å². The van der Waals surface area contributed by atoms with E-state index in [0.29, 0.717) is 15.2 Å². The van der Waals surface area contributed by atoms with Crippen LogP contribution in [0.25, 0.3) is 0 Å². The molecule has 3 N–H and O–H groups in total. The summed E-state index contributed by atoms with van der Waals surface area (Å²) in [6.07, 6.45) is 0. The van der Waals surface area contributed by atoms with Gasteiger partial charge in [-0.2, -0.15) is 0 Å². The maximum atomic E-state index is 12.3. The Labute approximate surface area is 131 Å². The molecule has 0 aliphatic carbocycles. The maximum absolute atomic E-state index is 12.3. The van der Waals surface area contributed by atoms with Gasteiger partial charge in [-0.1, -0.05) is 23.7 Å². The number of nitrogens with two attached hydrogens (primary N) is 1. The van der Waals surface area contributed by atoms with Gasteiger partial charge in [0.2, 0.25) is 0 Å². The van der Waals surface area contributed by atoms with Crippen LogP contribution in [0.4, 0.5) is 5.69 Å². The average Bonchev–Trinajstić information content (AvgIpc) is 2.43. The minimum absolute atomic E-state index is 0.166. The summed E-state index contributed by atoms with van der Waals surface area (Å²) in [7, 11) is -3.66. The van der Waals surface area contributed by atoms with E-state index in [1.807, 2.05) is 0 Å². The molecule has 0 unspecified atom stereocenters. The van der Waals surface area contributed by atoms with Crippen molar-refractivity contribution < 1.29 is 8.42 Å². The molecule has 2 aromatic carbocycles. The summed E-state index contributed by atoms with van der Waals surface area (Å²) in [6, 6.07) is 11.3. The van der Waals surface area contributed by atoms with Crippen molar-refractivity contribution in [3.05, 3.63) is 57.5 Å². The van der Waals surface area contributed by atoms with Crippen LogP contribution >= 0.6 is 27.5 Å². The van der Waals surface area contributed by atoms with E-state index in [4.69, 9.17) is 17.3 Å². The summed E-state index contributed by atoms with van der Waals surface area (Å²) in [5.41, 5.74) is 6.66. The van der Waals surface area contributed by atoms with E-state index in [9.17, 15) is 8.42 Å². The first kappa shape index (κ1) is 15.3. The first-order valence-electron chi connectivity index (χ1n) is 5.69. The van der Waals surface area contributed by atoms with E-state index in [2.05, 4.69) is 20.7 Å². The summed E-state index contributed by atoms with van der Waals surface area (Å²) in [5.74, 6) is 0. The number of hydrogen-bond acceptors (Lipinski definition) is 3. The van der Waals surface area contributed by atoms with Crippen LogP contribution in [0.5, 0.6) is 0 Å². The summed E-state index contributed by atoms with van der Waals surface area (Å²) in [4.78, 5) is 0.166. The molecule has 0 aromatic heterocycles. The highest BCUT2D eigenvalue weighted by atomic mass is 79.9. The summed E-state index contributed by atoms with van der Waals surface area (Å²) in [6.45, 7) is 0.285. The van der Waals surface area contributed by atoms with Gasteiger partial charge in [0.15, 0.2) is 0 Å². The summed E-state index contributed by atoms with van der Waals surface area (Å²) >= 11 is 9.19. The molecule has 20 heavy (non-hydrogen) atoms. The fourth-order valence-electron chi connectivity index (χ4n) is 1.61. The number of nitrogens with one attached hydrogen (secondary N) is 1. The molecule has 7 heteroatoms. The first-order chi connectivity index (χ1) is 9.42. The maximum Gasteiger partial charge on any atom is 0.261 e. The van der Waals surface area contributed by atoms with Crippen LogP contribution in [0.1, 0.15) is 5.56 Å². The van der Waals surface area contributed by atoms with Gasteiger partial charge in [-0.25, -0.2) is 8.42 Å². The molecule has 0 atom stereocenters. The van der Waals surface area contributed by atoms with Gasteiger partial charge < -0.3 is 5.73 Å². The molecular weight excluding hydrogens is 364 g/mol. The molecule has 0 bridgehead atoms. The normalized spacial score (nSPS) is 11.3. The Morgan fingerprint density at radius 2 is 1.95 bits per heavy atom. The van der Waals surface area contributed by atoms with E-state index in [-0.39, 0.29) is 11.4 Å². The summed E-state index contributed by atoms with van der Waals surface area (Å²) < 4.78 is 27.7. The highest BCUT2D eigenvalue weighted by Gasteiger charge is 2.15. The van der Waals surface area contributed by atoms with E-state index < -0.39 is 10.0 Å². The van der Waals surface area contributed by atoms with Crippen molar-refractivity contribution in [1.29, 1.82) is 0 Å². The van der Waals surface area contributed by atoms with Crippen molar-refractivity contribution in [3.8, 4) is 0 Å². The Kier molecular flexibility index (Phi) is 4.70. The zero-order valence-electron chi connectivity index (χ0n) is 10.3. The fourth-order valence-corrected chi connectivity index (χ4v) is 3.16. The van der Waals surface area contributed by atoms with Crippen molar-refractivity contribution in [1.82, 2.24) is 0 Å². The van der Waals surface area contributed by atoms with Crippen molar-refractivity contribution in [3.63, 3.8) is 0 Å². The monoisotopic (exact) mass is 374 g/mol. The van der Waals surface area contributed by atoms with Crippen LogP contribution in [0.15, 0.2) is 51.8 Å². The molecule has 0 radical (unpaired) electrons. The molecule has 0 fully saturated rings. The topological polar surface area (TPSA) is 72.2 Å². The third-order valence-corrected chi connectivity index (χ3v) is 5.23. The van der Waals surface area contributed by atoms with Crippen LogP contribution in [-0.2, 0) is 16.6 Å². The van der Waals surface area contributed by atoms with Crippen molar-refractivity contribution >= 4 is 43.2 Å². The zero-order valence-corrected chi connectivity index (χ0v) is 13.5. The molecule has 0 aliphatic rings.